The first-order chi connectivity index (χ1) is 24.9. The van der Waals surface area contributed by atoms with Crippen LogP contribution >= 0.6 is 0 Å². The van der Waals surface area contributed by atoms with E-state index in [2.05, 4.69) is 153 Å². The Morgan fingerprint density at radius 2 is 1.04 bits per heavy atom. The van der Waals surface area contributed by atoms with E-state index in [1.54, 1.807) is 0 Å². The summed E-state index contributed by atoms with van der Waals surface area (Å²) in [7, 11) is 25.1. The van der Waals surface area contributed by atoms with Crippen LogP contribution in [0.25, 0.3) is 60.7 Å². The maximum absolute atomic E-state index is 7.15. The lowest BCUT2D eigenvalue weighted by atomic mass is 9.57. The predicted molar refractivity (Wildman–Crippen MR) is 257 cm³/mol. The van der Waals surface area contributed by atoms with E-state index in [0.29, 0.717) is 0 Å². The molecule has 0 bridgehead atoms. The fraction of sp³-hybridized carbons (Fsp3) is 0.0526. The van der Waals surface area contributed by atoms with Gasteiger partial charge in [0.2, 0.25) is 0 Å². The lowest BCUT2D eigenvalue weighted by Crippen LogP contribution is -2.57. The Morgan fingerprint density at radius 3 is 1.69 bits per heavy atom. The van der Waals surface area contributed by atoms with Gasteiger partial charge >= 0.3 is 0 Å². The first kappa shape index (κ1) is 34.5. The molecule has 2 unspecified atom stereocenters. The van der Waals surface area contributed by atoms with E-state index < -0.39 is 0 Å². The fourth-order valence-electron chi connectivity index (χ4n) is 8.95. The largest absolute Gasteiger partial charge is 0.486 e. The van der Waals surface area contributed by atoms with Crippen molar-refractivity contribution in [1.29, 1.82) is 0 Å². The van der Waals surface area contributed by atoms with Crippen molar-refractivity contribution in [3.63, 3.8) is 0 Å². The van der Waals surface area contributed by atoms with Crippen LogP contribution in [0, 0.1) is 0 Å². The van der Waals surface area contributed by atoms with Crippen molar-refractivity contribution >= 4 is 174 Å². The van der Waals surface area contributed by atoms with E-state index in [4.69, 9.17) is 14.7 Å². The monoisotopic (exact) mass is 658 g/mol. The maximum Gasteiger partial charge on any atom is 0.139 e. The third-order valence-electron chi connectivity index (χ3n) is 12.8. The van der Waals surface area contributed by atoms with Crippen LogP contribution in [0.15, 0.2) is 84.5 Å². The SMILES string of the molecule is BC1=C(c2c(B)c(B)c(-c3ccc(-c4ccc5ccc6cccnc6c5n4)c4ccccc34)c(B)c2B)OC(c2c(B)c(B)c(B)c(B)c2B)C1B. The van der Waals surface area contributed by atoms with Crippen LogP contribution < -0.4 is 49.2 Å². The number of ether oxygens (including phenoxy) is 1. The predicted octanol–water partition coefficient (Wildman–Crippen LogP) is -7.91. The highest BCUT2D eigenvalue weighted by Crippen LogP contribution is 2.44. The topological polar surface area (TPSA) is 35.0 Å². The molecule has 0 spiro atoms. The van der Waals surface area contributed by atoms with Crippen molar-refractivity contribution in [2.45, 2.75) is 11.9 Å². The zero-order valence-corrected chi connectivity index (χ0v) is 32.5. The standard InChI is InChI=1S/C38H37B11N2O/c39-24-21(25(40)27(42)22(26(24)41)37-33(48)34(49)38(52-37)23-28(43)30(45)32(47)31(46)29(23)44)19-11-10-18(16-5-1-2-6-17(16)19)20-12-9-15-8-7-14-4-3-13-50-35(14)36(15)51-20/h1-13,34,38H,39-49H2. The molecule has 0 fully saturated rings. The van der Waals surface area contributed by atoms with Gasteiger partial charge in [0.1, 0.15) is 98.2 Å². The summed E-state index contributed by atoms with van der Waals surface area (Å²) in [5.41, 5.74) is 22.5. The van der Waals surface area contributed by atoms with Crippen LogP contribution in [0.2, 0.25) is 5.82 Å². The average molecular weight is 657 g/mol. The number of rotatable bonds is 4. The van der Waals surface area contributed by atoms with Gasteiger partial charge in [-0.15, -0.1) is 16.4 Å². The van der Waals surface area contributed by atoms with Crippen molar-refractivity contribution < 1.29 is 4.74 Å². The third kappa shape index (κ3) is 5.11. The molecule has 1 aliphatic heterocycles. The normalized spacial score (nSPS) is 15.8. The highest BCUT2D eigenvalue weighted by atomic mass is 16.5. The molecule has 7 aromatic rings. The van der Waals surface area contributed by atoms with Crippen LogP contribution in [0.1, 0.15) is 17.2 Å². The Bertz CT molecular complexity index is 2660. The quantitative estimate of drug-likeness (QED) is 0.140. The molecule has 0 saturated carbocycles. The molecule has 238 valence electrons. The van der Waals surface area contributed by atoms with Gasteiger partial charge in [0.05, 0.1) is 16.7 Å². The highest BCUT2D eigenvalue weighted by Gasteiger charge is 2.36. The molecule has 0 radical (unpaired) electrons. The molecular weight excluding hydrogens is 619 g/mol. The lowest BCUT2D eigenvalue weighted by molar-refractivity contribution is 0.197. The van der Waals surface area contributed by atoms with Crippen LogP contribution in [0.3, 0.4) is 0 Å². The average Bonchev–Trinajstić information content (AvgIpc) is 3.44. The lowest BCUT2D eigenvalue weighted by Gasteiger charge is -2.28. The van der Waals surface area contributed by atoms with Crippen LogP contribution in [0.4, 0.5) is 0 Å². The summed E-state index contributed by atoms with van der Waals surface area (Å²) in [6, 6.07) is 26.0. The van der Waals surface area contributed by atoms with E-state index in [1.807, 2.05) is 12.3 Å². The van der Waals surface area contributed by atoms with Crippen molar-refractivity contribution in [2.24, 2.45) is 0 Å². The molecular formula is C38H37B11N2O. The highest BCUT2D eigenvalue weighted by molar-refractivity contribution is 6.67. The number of aromatic nitrogens is 2. The molecule has 2 aromatic heterocycles. The minimum atomic E-state index is 0.000984. The molecule has 52 heavy (non-hydrogen) atoms. The summed E-state index contributed by atoms with van der Waals surface area (Å²) in [4.78, 5) is 9.93. The van der Waals surface area contributed by atoms with Crippen molar-refractivity contribution in [3.8, 4) is 22.4 Å². The summed E-state index contributed by atoms with van der Waals surface area (Å²) < 4.78 is 7.15. The molecule has 14 heteroatoms. The molecule has 0 saturated heterocycles. The molecule has 3 nitrogen and oxygen atoms in total. The van der Waals surface area contributed by atoms with Gasteiger partial charge in [0, 0.05) is 28.1 Å². The fourth-order valence-corrected chi connectivity index (χ4v) is 8.95. The summed E-state index contributed by atoms with van der Waals surface area (Å²) in [6.45, 7) is 0. The Hall–Kier alpha value is -4.57. The van der Waals surface area contributed by atoms with Gasteiger partial charge in [0.25, 0.3) is 0 Å². The number of hydrogen-bond donors (Lipinski definition) is 0. The van der Waals surface area contributed by atoms with Gasteiger partial charge in [0.15, 0.2) is 0 Å². The van der Waals surface area contributed by atoms with Crippen molar-refractivity contribution in [3.05, 3.63) is 95.6 Å². The zero-order chi connectivity index (χ0) is 36.7. The maximum atomic E-state index is 7.15. The minimum absolute atomic E-state index is 0.000984. The van der Waals surface area contributed by atoms with E-state index in [0.717, 1.165) is 38.8 Å². The molecule has 1 aliphatic rings. The van der Waals surface area contributed by atoms with Crippen LogP contribution in [-0.4, -0.2) is 96.3 Å². The molecule has 0 N–H and O–H groups in total. The van der Waals surface area contributed by atoms with E-state index in [9.17, 15) is 0 Å². The number of fused-ring (bicyclic) bond motifs is 4. The van der Waals surface area contributed by atoms with Gasteiger partial charge in [-0.1, -0.05) is 98.9 Å². The zero-order valence-electron chi connectivity index (χ0n) is 32.5. The smallest absolute Gasteiger partial charge is 0.139 e. The first-order valence-corrected chi connectivity index (χ1v) is 18.6. The summed E-state index contributed by atoms with van der Waals surface area (Å²) in [5.74, 6) is 1.34. The van der Waals surface area contributed by atoms with Crippen molar-refractivity contribution in [1.82, 2.24) is 9.97 Å². The Labute approximate surface area is 317 Å². The van der Waals surface area contributed by atoms with E-state index in [1.165, 1.54) is 87.7 Å². The number of hydrogen-bond acceptors (Lipinski definition) is 3. The molecule has 0 aliphatic carbocycles. The minimum Gasteiger partial charge on any atom is -0.486 e. The van der Waals surface area contributed by atoms with E-state index in [-0.39, 0.29) is 11.9 Å². The molecule has 5 aromatic carbocycles. The summed E-state index contributed by atoms with van der Waals surface area (Å²) in [5, 5.41) is 4.62. The second-order valence-electron chi connectivity index (χ2n) is 15.2. The number of benzene rings is 5. The summed E-state index contributed by atoms with van der Waals surface area (Å²) >= 11 is 0. The third-order valence-corrected chi connectivity index (χ3v) is 12.8. The van der Waals surface area contributed by atoms with Gasteiger partial charge in [-0.05, 0) is 45.4 Å². The molecule has 2 atom stereocenters. The van der Waals surface area contributed by atoms with E-state index >= 15 is 0 Å². The molecule has 3 heterocycles. The van der Waals surface area contributed by atoms with Gasteiger partial charge < -0.3 is 4.74 Å². The Balaban J connectivity index is 1.25. The Kier molecular flexibility index (Phi) is 8.52. The second-order valence-corrected chi connectivity index (χ2v) is 15.2. The molecule has 0 amide bonds. The summed E-state index contributed by atoms with van der Waals surface area (Å²) in [6.07, 6.45) is 1.85. The van der Waals surface area contributed by atoms with Gasteiger partial charge in [-0.2, -0.15) is 0 Å². The second kappa shape index (κ2) is 12.8. The van der Waals surface area contributed by atoms with Crippen molar-refractivity contribution in [2.75, 3.05) is 0 Å². The number of nitrogens with zero attached hydrogens (tertiary/aromatic N) is 2. The van der Waals surface area contributed by atoms with Crippen LogP contribution in [-0.2, 0) is 4.74 Å². The Morgan fingerprint density at radius 1 is 0.500 bits per heavy atom. The van der Waals surface area contributed by atoms with Gasteiger partial charge in [-0.3, -0.25) is 4.98 Å². The van der Waals surface area contributed by atoms with Gasteiger partial charge in [-0.25, -0.2) is 4.98 Å². The number of pyridine rings is 2. The first-order valence-electron chi connectivity index (χ1n) is 18.6. The van der Waals surface area contributed by atoms with Crippen LogP contribution in [0.5, 0.6) is 0 Å². The molecule has 8 rings (SSSR count).